The second-order valence-corrected chi connectivity index (χ2v) is 9.13. The van der Waals surface area contributed by atoms with Crippen molar-refractivity contribution in [1.82, 2.24) is 0 Å². The van der Waals surface area contributed by atoms with Crippen molar-refractivity contribution in [3.63, 3.8) is 0 Å². The first-order valence-corrected chi connectivity index (χ1v) is 10.3. The second kappa shape index (κ2) is 8.02. The van der Waals surface area contributed by atoms with E-state index in [1.165, 1.54) is 0 Å². The SMILES string of the molecule is CC(C)CC(CC(C)C)(C(=O)O)C(C(=O)O)C1c2ccccc2-c2ccccc21. The third-order valence-corrected chi connectivity index (χ3v) is 6.05. The Labute approximate surface area is 172 Å². The maximum atomic E-state index is 12.8. The summed E-state index contributed by atoms with van der Waals surface area (Å²) in [6.07, 6.45) is 0.663. The first kappa shape index (κ1) is 21.1. The average Bonchev–Trinajstić information content (AvgIpc) is 2.95. The van der Waals surface area contributed by atoms with E-state index in [0.29, 0.717) is 12.8 Å². The van der Waals surface area contributed by atoms with Crippen molar-refractivity contribution in [2.75, 3.05) is 0 Å². The average molecular weight is 395 g/mol. The maximum absolute atomic E-state index is 12.8. The smallest absolute Gasteiger partial charge is 0.310 e. The molecule has 0 radical (unpaired) electrons. The molecule has 2 aromatic carbocycles. The molecule has 0 saturated carbocycles. The Morgan fingerprint density at radius 1 is 0.828 bits per heavy atom. The Kier molecular flexibility index (Phi) is 5.83. The molecular weight excluding hydrogens is 364 g/mol. The molecule has 0 heterocycles. The molecule has 1 aliphatic rings. The molecule has 2 N–H and O–H groups in total. The molecule has 1 atom stereocenters. The molecule has 2 aromatic rings. The lowest BCUT2D eigenvalue weighted by Crippen LogP contribution is -2.47. The number of hydrogen-bond acceptors (Lipinski definition) is 2. The quantitative estimate of drug-likeness (QED) is 0.605. The number of carboxylic acids is 2. The summed E-state index contributed by atoms with van der Waals surface area (Å²) in [5, 5.41) is 20.9. The molecule has 4 nitrogen and oxygen atoms in total. The largest absolute Gasteiger partial charge is 0.481 e. The van der Waals surface area contributed by atoms with Crippen LogP contribution in [0.25, 0.3) is 11.1 Å². The Hall–Kier alpha value is -2.62. The van der Waals surface area contributed by atoms with E-state index in [2.05, 4.69) is 0 Å². The predicted molar refractivity (Wildman–Crippen MR) is 114 cm³/mol. The third kappa shape index (κ3) is 3.68. The van der Waals surface area contributed by atoms with Gasteiger partial charge in [0.2, 0.25) is 0 Å². The van der Waals surface area contributed by atoms with Gasteiger partial charge in [-0.15, -0.1) is 0 Å². The van der Waals surface area contributed by atoms with Gasteiger partial charge in [0.1, 0.15) is 0 Å². The Morgan fingerprint density at radius 3 is 1.59 bits per heavy atom. The number of hydrogen-bond donors (Lipinski definition) is 2. The summed E-state index contributed by atoms with van der Waals surface area (Å²) < 4.78 is 0. The van der Waals surface area contributed by atoms with Crippen LogP contribution in [0.1, 0.15) is 57.6 Å². The first-order valence-electron chi connectivity index (χ1n) is 10.3. The highest BCUT2D eigenvalue weighted by Gasteiger charge is 2.55. The van der Waals surface area contributed by atoms with Gasteiger partial charge in [0.05, 0.1) is 11.3 Å². The molecule has 0 saturated heterocycles. The highest BCUT2D eigenvalue weighted by atomic mass is 16.4. The molecule has 29 heavy (non-hydrogen) atoms. The summed E-state index contributed by atoms with van der Waals surface area (Å²) in [6.45, 7) is 7.86. The zero-order valence-electron chi connectivity index (χ0n) is 17.6. The van der Waals surface area contributed by atoms with Gasteiger partial charge in [-0.1, -0.05) is 76.2 Å². The fraction of sp³-hybridized carbons (Fsp3) is 0.440. The molecule has 0 spiro atoms. The minimum Gasteiger partial charge on any atom is -0.481 e. The van der Waals surface area contributed by atoms with Gasteiger partial charge in [-0.2, -0.15) is 0 Å². The molecule has 1 unspecified atom stereocenters. The fourth-order valence-corrected chi connectivity index (χ4v) is 5.35. The second-order valence-electron chi connectivity index (χ2n) is 9.13. The van der Waals surface area contributed by atoms with Crippen LogP contribution in [0.2, 0.25) is 0 Å². The topological polar surface area (TPSA) is 74.6 Å². The van der Waals surface area contributed by atoms with E-state index in [9.17, 15) is 19.8 Å². The van der Waals surface area contributed by atoms with Crippen LogP contribution in [-0.2, 0) is 9.59 Å². The van der Waals surface area contributed by atoms with Crippen molar-refractivity contribution in [1.29, 1.82) is 0 Å². The molecule has 4 heteroatoms. The molecule has 0 aliphatic heterocycles. The van der Waals surface area contributed by atoms with Gasteiger partial charge in [-0.25, -0.2) is 0 Å². The molecule has 3 rings (SSSR count). The molecule has 0 aromatic heterocycles. The third-order valence-electron chi connectivity index (χ3n) is 6.05. The Bertz CT molecular complexity index is 857. The molecule has 1 aliphatic carbocycles. The van der Waals surface area contributed by atoms with Crippen LogP contribution in [0.4, 0.5) is 0 Å². The van der Waals surface area contributed by atoms with Crippen LogP contribution in [0.5, 0.6) is 0 Å². The summed E-state index contributed by atoms with van der Waals surface area (Å²) in [6, 6.07) is 15.6. The van der Waals surface area contributed by atoms with Crippen molar-refractivity contribution in [2.45, 2.75) is 46.5 Å². The number of fused-ring (bicyclic) bond motifs is 3. The number of rotatable bonds is 8. The molecule has 0 fully saturated rings. The highest BCUT2D eigenvalue weighted by Crippen LogP contribution is 2.55. The van der Waals surface area contributed by atoms with Crippen molar-refractivity contribution >= 4 is 11.9 Å². The van der Waals surface area contributed by atoms with Crippen LogP contribution in [0.3, 0.4) is 0 Å². The Morgan fingerprint density at radius 2 is 1.24 bits per heavy atom. The van der Waals surface area contributed by atoms with E-state index in [1.54, 1.807) is 0 Å². The van der Waals surface area contributed by atoms with Gasteiger partial charge >= 0.3 is 11.9 Å². The number of benzene rings is 2. The first-order chi connectivity index (χ1) is 13.7. The van der Waals surface area contributed by atoms with E-state index in [0.717, 1.165) is 22.3 Å². The lowest BCUT2D eigenvalue weighted by Gasteiger charge is -2.41. The monoisotopic (exact) mass is 394 g/mol. The zero-order valence-corrected chi connectivity index (χ0v) is 17.6. The van der Waals surface area contributed by atoms with E-state index < -0.39 is 29.2 Å². The zero-order chi connectivity index (χ0) is 21.3. The maximum Gasteiger partial charge on any atom is 0.310 e. The van der Waals surface area contributed by atoms with E-state index in [1.807, 2.05) is 76.2 Å². The van der Waals surface area contributed by atoms with Crippen LogP contribution in [0.15, 0.2) is 48.5 Å². The van der Waals surface area contributed by atoms with Crippen molar-refractivity contribution < 1.29 is 19.8 Å². The normalized spacial score (nSPS) is 14.7. The lowest BCUT2D eigenvalue weighted by molar-refractivity contribution is -0.166. The molecule has 154 valence electrons. The summed E-state index contributed by atoms with van der Waals surface area (Å²) in [4.78, 5) is 25.5. The summed E-state index contributed by atoms with van der Waals surface area (Å²) in [7, 11) is 0. The van der Waals surface area contributed by atoms with Gasteiger partial charge in [0.15, 0.2) is 0 Å². The van der Waals surface area contributed by atoms with Crippen molar-refractivity contribution in [3.05, 3.63) is 59.7 Å². The van der Waals surface area contributed by atoms with Crippen molar-refractivity contribution in [2.24, 2.45) is 23.2 Å². The van der Waals surface area contributed by atoms with Crippen LogP contribution in [0, 0.1) is 23.2 Å². The van der Waals surface area contributed by atoms with E-state index in [4.69, 9.17) is 0 Å². The molecular formula is C25H30O4. The van der Waals surface area contributed by atoms with Gasteiger partial charge < -0.3 is 10.2 Å². The van der Waals surface area contributed by atoms with Gasteiger partial charge in [0.25, 0.3) is 0 Å². The molecule has 0 bridgehead atoms. The number of aliphatic carboxylic acids is 2. The van der Waals surface area contributed by atoms with Crippen LogP contribution < -0.4 is 0 Å². The van der Waals surface area contributed by atoms with Crippen molar-refractivity contribution in [3.8, 4) is 11.1 Å². The van der Waals surface area contributed by atoms with Crippen LogP contribution in [-0.4, -0.2) is 22.2 Å². The van der Waals surface area contributed by atoms with Gasteiger partial charge in [-0.05, 0) is 46.9 Å². The fourth-order valence-electron chi connectivity index (χ4n) is 5.35. The van der Waals surface area contributed by atoms with Gasteiger partial charge in [-0.3, -0.25) is 9.59 Å². The number of carboxylic acid groups (broad SMARTS) is 2. The Balaban J connectivity index is 2.28. The summed E-state index contributed by atoms with van der Waals surface area (Å²) >= 11 is 0. The van der Waals surface area contributed by atoms with E-state index >= 15 is 0 Å². The van der Waals surface area contributed by atoms with E-state index in [-0.39, 0.29) is 11.8 Å². The minimum absolute atomic E-state index is 0.0681. The molecule has 0 amide bonds. The lowest BCUT2D eigenvalue weighted by atomic mass is 9.60. The highest BCUT2D eigenvalue weighted by molar-refractivity contribution is 5.88. The summed E-state index contributed by atoms with van der Waals surface area (Å²) in [5.41, 5.74) is 2.50. The van der Waals surface area contributed by atoms with Crippen LogP contribution >= 0.6 is 0 Å². The standard InChI is InChI=1S/C25H30O4/c1-15(2)13-25(24(28)29,14-16(3)4)22(23(26)27)21-19-11-7-5-9-17(19)18-10-6-8-12-20(18)21/h5-12,15-16,21-22H,13-14H2,1-4H3,(H,26,27)(H,28,29). The summed E-state index contributed by atoms with van der Waals surface area (Å²) in [5.74, 6) is -3.43. The van der Waals surface area contributed by atoms with Gasteiger partial charge in [0, 0.05) is 5.92 Å². The predicted octanol–water partition coefficient (Wildman–Crippen LogP) is 5.66. The minimum atomic E-state index is -1.34. The number of carbonyl (C=O) groups is 2.